The van der Waals surface area contributed by atoms with Crippen LogP contribution < -0.4 is 0 Å². The molecule has 0 saturated heterocycles. The zero-order chi connectivity index (χ0) is 10.8. The van der Waals surface area contributed by atoms with Crippen LogP contribution in [0.3, 0.4) is 0 Å². The van der Waals surface area contributed by atoms with Crippen molar-refractivity contribution in [2.75, 3.05) is 13.6 Å². The molecular weight excluding hydrogens is 256 g/mol. The summed E-state index contributed by atoms with van der Waals surface area (Å²) in [6.45, 7) is 0.874. The number of carbonyl (C=O) groups is 1. The molecule has 1 aliphatic rings. The molecule has 1 aromatic rings. The van der Waals surface area contributed by atoms with Crippen molar-refractivity contribution in [1.82, 2.24) is 9.88 Å². The third-order valence-corrected chi connectivity index (χ3v) is 2.98. The van der Waals surface area contributed by atoms with Gasteiger partial charge in [0.25, 0.3) is 5.91 Å². The molecule has 0 aliphatic heterocycles. The highest BCUT2D eigenvalue weighted by atomic mass is 79.9. The van der Waals surface area contributed by atoms with E-state index in [4.69, 9.17) is 0 Å². The van der Waals surface area contributed by atoms with Crippen molar-refractivity contribution in [2.45, 2.75) is 12.8 Å². The highest BCUT2D eigenvalue weighted by molar-refractivity contribution is 9.10. The summed E-state index contributed by atoms with van der Waals surface area (Å²) in [5, 5.41) is 0. The number of carbonyl (C=O) groups excluding carboxylic acids is 1. The summed E-state index contributed by atoms with van der Waals surface area (Å²) in [5.74, 6) is 0.800. The van der Waals surface area contributed by atoms with E-state index in [2.05, 4.69) is 20.9 Å². The van der Waals surface area contributed by atoms with Crippen LogP contribution in [0.25, 0.3) is 0 Å². The van der Waals surface area contributed by atoms with E-state index in [1.54, 1.807) is 23.2 Å². The number of aromatic nitrogens is 1. The average Bonchev–Trinajstić information content (AvgIpc) is 3.00. The molecule has 4 heteroatoms. The molecule has 0 unspecified atom stereocenters. The Morgan fingerprint density at radius 1 is 1.67 bits per heavy atom. The van der Waals surface area contributed by atoms with Gasteiger partial charge in [-0.25, -0.2) is 4.98 Å². The highest BCUT2D eigenvalue weighted by Crippen LogP contribution is 2.29. The number of hydrogen-bond acceptors (Lipinski definition) is 2. The standard InChI is InChI=1S/C11H13BrN2O/c1-14(7-8-2-3-8)11(15)9-4-5-13-10(12)6-9/h4-6,8H,2-3,7H2,1H3. The Balaban J connectivity index is 2.05. The van der Waals surface area contributed by atoms with Gasteiger partial charge < -0.3 is 4.90 Å². The molecule has 0 atom stereocenters. The van der Waals surface area contributed by atoms with Gasteiger partial charge in [-0.1, -0.05) is 0 Å². The van der Waals surface area contributed by atoms with Crippen LogP contribution in [0.1, 0.15) is 23.2 Å². The lowest BCUT2D eigenvalue weighted by Crippen LogP contribution is -2.28. The second-order valence-electron chi connectivity index (χ2n) is 4.00. The topological polar surface area (TPSA) is 33.2 Å². The predicted octanol–water partition coefficient (Wildman–Crippen LogP) is 2.33. The minimum atomic E-state index is 0.0741. The molecule has 1 amide bonds. The van der Waals surface area contributed by atoms with Gasteiger partial charge in [-0.05, 0) is 46.8 Å². The fraction of sp³-hybridized carbons (Fsp3) is 0.455. The Labute approximate surface area is 97.6 Å². The number of halogens is 1. The molecule has 1 aromatic heterocycles. The van der Waals surface area contributed by atoms with Crippen LogP contribution in [-0.2, 0) is 0 Å². The summed E-state index contributed by atoms with van der Waals surface area (Å²) >= 11 is 3.26. The number of nitrogens with zero attached hydrogens (tertiary/aromatic N) is 2. The Morgan fingerprint density at radius 2 is 2.40 bits per heavy atom. The summed E-state index contributed by atoms with van der Waals surface area (Å²) in [6.07, 6.45) is 4.16. The number of pyridine rings is 1. The van der Waals surface area contributed by atoms with Crippen molar-refractivity contribution in [1.29, 1.82) is 0 Å². The van der Waals surface area contributed by atoms with E-state index in [1.165, 1.54) is 12.8 Å². The summed E-state index contributed by atoms with van der Waals surface area (Å²) < 4.78 is 0.702. The van der Waals surface area contributed by atoms with E-state index in [9.17, 15) is 4.79 Å². The van der Waals surface area contributed by atoms with Crippen LogP contribution >= 0.6 is 15.9 Å². The fourth-order valence-electron chi connectivity index (χ4n) is 1.53. The number of hydrogen-bond donors (Lipinski definition) is 0. The lowest BCUT2D eigenvalue weighted by atomic mass is 10.2. The maximum Gasteiger partial charge on any atom is 0.253 e. The van der Waals surface area contributed by atoms with Gasteiger partial charge in [-0.15, -0.1) is 0 Å². The summed E-state index contributed by atoms with van der Waals surface area (Å²) in [7, 11) is 1.86. The summed E-state index contributed by atoms with van der Waals surface area (Å²) in [6, 6.07) is 3.50. The van der Waals surface area contributed by atoms with E-state index in [0.29, 0.717) is 10.2 Å². The fourth-order valence-corrected chi connectivity index (χ4v) is 1.89. The van der Waals surface area contributed by atoms with Gasteiger partial charge in [-0.2, -0.15) is 0 Å². The zero-order valence-electron chi connectivity index (χ0n) is 8.61. The minimum Gasteiger partial charge on any atom is -0.341 e. The van der Waals surface area contributed by atoms with E-state index in [-0.39, 0.29) is 5.91 Å². The molecule has 3 nitrogen and oxygen atoms in total. The van der Waals surface area contributed by atoms with Crippen LogP contribution in [0.5, 0.6) is 0 Å². The van der Waals surface area contributed by atoms with Crippen molar-refractivity contribution >= 4 is 21.8 Å². The normalized spacial score (nSPS) is 15.1. The first-order valence-electron chi connectivity index (χ1n) is 5.04. The quantitative estimate of drug-likeness (QED) is 0.789. The first kappa shape index (κ1) is 10.6. The van der Waals surface area contributed by atoms with Crippen molar-refractivity contribution < 1.29 is 4.79 Å². The Morgan fingerprint density at radius 3 is 3.00 bits per heavy atom. The third-order valence-electron chi connectivity index (χ3n) is 2.55. The molecule has 0 spiro atoms. The van der Waals surface area contributed by atoms with Crippen molar-refractivity contribution in [3.05, 3.63) is 28.5 Å². The van der Waals surface area contributed by atoms with Crippen LogP contribution in [0.15, 0.2) is 22.9 Å². The average molecular weight is 269 g/mol. The van der Waals surface area contributed by atoms with Gasteiger partial charge in [-0.3, -0.25) is 4.79 Å². The maximum atomic E-state index is 11.9. The zero-order valence-corrected chi connectivity index (χ0v) is 10.2. The van der Waals surface area contributed by atoms with Crippen LogP contribution in [0, 0.1) is 5.92 Å². The van der Waals surface area contributed by atoms with Gasteiger partial charge in [0, 0.05) is 25.4 Å². The molecule has 0 bridgehead atoms. The SMILES string of the molecule is CN(CC1CC1)C(=O)c1ccnc(Br)c1. The Bertz CT molecular complexity index is 377. The first-order chi connectivity index (χ1) is 7.16. The molecule has 0 N–H and O–H groups in total. The minimum absolute atomic E-state index is 0.0741. The molecule has 2 rings (SSSR count). The van der Waals surface area contributed by atoms with E-state index < -0.39 is 0 Å². The van der Waals surface area contributed by atoms with Gasteiger partial charge >= 0.3 is 0 Å². The lowest BCUT2D eigenvalue weighted by molar-refractivity contribution is 0.0788. The smallest absolute Gasteiger partial charge is 0.253 e. The van der Waals surface area contributed by atoms with Gasteiger partial charge in [0.05, 0.1) is 0 Å². The molecule has 1 heterocycles. The van der Waals surface area contributed by atoms with Crippen LogP contribution in [-0.4, -0.2) is 29.4 Å². The molecule has 1 fully saturated rings. The molecule has 0 aromatic carbocycles. The molecular formula is C11H13BrN2O. The van der Waals surface area contributed by atoms with E-state index >= 15 is 0 Å². The molecule has 80 valence electrons. The third kappa shape index (κ3) is 2.78. The summed E-state index contributed by atoms with van der Waals surface area (Å²) in [4.78, 5) is 17.7. The second kappa shape index (κ2) is 4.31. The van der Waals surface area contributed by atoms with E-state index in [0.717, 1.165) is 12.5 Å². The van der Waals surface area contributed by atoms with Gasteiger partial charge in [0.15, 0.2) is 0 Å². The highest BCUT2D eigenvalue weighted by Gasteiger charge is 2.25. The molecule has 1 saturated carbocycles. The predicted molar refractivity (Wildman–Crippen MR) is 61.6 cm³/mol. The Hall–Kier alpha value is -0.900. The first-order valence-corrected chi connectivity index (χ1v) is 5.83. The maximum absolute atomic E-state index is 11.9. The molecule has 0 radical (unpaired) electrons. The molecule has 1 aliphatic carbocycles. The van der Waals surface area contributed by atoms with E-state index in [1.807, 2.05) is 7.05 Å². The van der Waals surface area contributed by atoms with Crippen molar-refractivity contribution in [3.63, 3.8) is 0 Å². The van der Waals surface area contributed by atoms with Crippen molar-refractivity contribution in [3.8, 4) is 0 Å². The number of amides is 1. The Kier molecular flexibility index (Phi) is 3.05. The van der Waals surface area contributed by atoms with Crippen LogP contribution in [0.4, 0.5) is 0 Å². The van der Waals surface area contributed by atoms with Gasteiger partial charge in [0.1, 0.15) is 4.60 Å². The van der Waals surface area contributed by atoms with Crippen molar-refractivity contribution in [2.24, 2.45) is 5.92 Å². The second-order valence-corrected chi connectivity index (χ2v) is 4.81. The largest absolute Gasteiger partial charge is 0.341 e. The number of rotatable bonds is 3. The monoisotopic (exact) mass is 268 g/mol. The molecule has 15 heavy (non-hydrogen) atoms. The van der Waals surface area contributed by atoms with Crippen LogP contribution in [0.2, 0.25) is 0 Å². The lowest BCUT2D eigenvalue weighted by Gasteiger charge is -2.16. The van der Waals surface area contributed by atoms with Gasteiger partial charge in [0.2, 0.25) is 0 Å². The summed E-state index contributed by atoms with van der Waals surface area (Å²) in [5.41, 5.74) is 0.694.